The summed E-state index contributed by atoms with van der Waals surface area (Å²) in [6, 6.07) is 6.51. The Morgan fingerprint density at radius 3 is 2.90 bits per heavy atom. The van der Waals surface area contributed by atoms with Crippen molar-refractivity contribution in [1.82, 2.24) is 24.7 Å². The van der Waals surface area contributed by atoms with Crippen molar-refractivity contribution >= 4 is 34.2 Å². The van der Waals surface area contributed by atoms with Crippen molar-refractivity contribution in [3.63, 3.8) is 0 Å². The minimum atomic E-state index is -0.554. The number of ether oxygens (including phenoxy) is 1. The molecule has 1 amide bonds. The maximum atomic E-state index is 13.8. The van der Waals surface area contributed by atoms with Gasteiger partial charge in [0.15, 0.2) is 10.2 Å². The molecule has 3 heterocycles. The highest BCUT2D eigenvalue weighted by Crippen LogP contribution is 2.34. The molecule has 1 saturated heterocycles. The molecular weight excluding hydrogens is 413 g/mol. The van der Waals surface area contributed by atoms with Gasteiger partial charge < -0.3 is 4.74 Å². The van der Waals surface area contributed by atoms with Gasteiger partial charge in [-0.1, -0.05) is 41.3 Å². The predicted molar refractivity (Wildman–Crippen MR) is 110 cm³/mol. The third-order valence-corrected chi connectivity index (χ3v) is 6.57. The second-order valence-electron chi connectivity index (χ2n) is 7.83. The van der Waals surface area contributed by atoms with Crippen LogP contribution >= 0.6 is 23.1 Å². The first kappa shape index (κ1) is 20.1. The number of halogens is 1. The summed E-state index contributed by atoms with van der Waals surface area (Å²) in [6.45, 7) is 6.17. The third-order valence-electron chi connectivity index (χ3n) is 4.48. The zero-order valence-corrected chi connectivity index (χ0v) is 18.1. The molecule has 0 bridgehead atoms. The number of hydrogen-bond acceptors (Lipinski definition) is 7. The molecule has 1 fully saturated rings. The molecule has 1 aliphatic heterocycles. The Morgan fingerprint density at radius 1 is 1.34 bits per heavy atom. The number of amides is 1. The fourth-order valence-electron chi connectivity index (χ4n) is 3.21. The highest BCUT2D eigenvalue weighted by Gasteiger charge is 2.36. The molecule has 7 nitrogen and oxygen atoms in total. The van der Waals surface area contributed by atoms with Gasteiger partial charge in [-0.05, 0) is 45.2 Å². The van der Waals surface area contributed by atoms with Crippen LogP contribution in [0.5, 0.6) is 0 Å². The van der Waals surface area contributed by atoms with Crippen LogP contribution in [-0.2, 0) is 10.5 Å². The van der Waals surface area contributed by atoms with Crippen LogP contribution in [0.2, 0.25) is 0 Å². The number of aromatic nitrogens is 4. The summed E-state index contributed by atoms with van der Waals surface area (Å²) >= 11 is 2.86. The highest BCUT2D eigenvalue weighted by molar-refractivity contribution is 8.00. The lowest BCUT2D eigenvalue weighted by molar-refractivity contribution is 0.0217. The summed E-state index contributed by atoms with van der Waals surface area (Å²) in [5.74, 6) is 0.902. The van der Waals surface area contributed by atoms with Crippen LogP contribution in [0.15, 0.2) is 28.6 Å². The predicted octanol–water partition coefficient (Wildman–Crippen LogP) is 4.69. The number of nitrogens with zero attached hydrogens (tertiary/aromatic N) is 5. The van der Waals surface area contributed by atoms with Crippen LogP contribution in [0, 0.1) is 5.82 Å². The van der Waals surface area contributed by atoms with Gasteiger partial charge >= 0.3 is 6.09 Å². The van der Waals surface area contributed by atoms with E-state index >= 15 is 0 Å². The molecule has 10 heteroatoms. The smallest absolute Gasteiger partial charge is 0.410 e. The van der Waals surface area contributed by atoms with E-state index in [2.05, 4.69) is 15.3 Å². The topological polar surface area (TPSA) is 72.6 Å². The molecule has 2 aromatic heterocycles. The average molecular weight is 436 g/mol. The van der Waals surface area contributed by atoms with Crippen LogP contribution in [0.4, 0.5) is 9.18 Å². The van der Waals surface area contributed by atoms with E-state index in [1.54, 1.807) is 21.5 Å². The zero-order valence-electron chi connectivity index (χ0n) is 16.5. The molecule has 0 N–H and O–H groups in total. The number of benzene rings is 1. The lowest BCUT2D eigenvalue weighted by Gasteiger charge is -2.27. The summed E-state index contributed by atoms with van der Waals surface area (Å²) in [5.41, 5.74) is 0.0808. The van der Waals surface area contributed by atoms with Gasteiger partial charge in [0.2, 0.25) is 4.96 Å². The standard InChI is InChI=1S/C19H22FN5O2S2/c1-19(2,3)27-18(26)24-10-6-9-14(24)15-21-22-16-25(15)23-17(29-16)28-11-12-7-4-5-8-13(12)20/h4-5,7-8,14H,6,9-11H2,1-3H3. The monoisotopic (exact) mass is 435 g/mol. The van der Waals surface area contributed by atoms with E-state index in [1.807, 2.05) is 26.8 Å². The van der Waals surface area contributed by atoms with Crippen molar-refractivity contribution in [2.24, 2.45) is 0 Å². The lowest BCUT2D eigenvalue weighted by atomic mass is 10.2. The van der Waals surface area contributed by atoms with Gasteiger partial charge in [0.05, 0.1) is 6.04 Å². The van der Waals surface area contributed by atoms with E-state index in [1.165, 1.54) is 29.2 Å². The van der Waals surface area contributed by atoms with Crippen LogP contribution < -0.4 is 0 Å². The summed E-state index contributed by atoms with van der Waals surface area (Å²) in [5, 5.41) is 13.1. The van der Waals surface area contributed by atoms with E-state index in [0.29, 0.717) is 28.6 Å². The Balaban J connectivity index is 1.52. The summed E-state index contributed by atoms with van der Waals surface area (Å²) in [4.78, 5) is 14.9. The molecule has 1 aliphatic rings. The minimum absolute atomic E-state index is 0.216. The van der Waals surface area contributed by atoms with Gasteiger partial charge in [0, 0.05) is 12.3 Å². The molecule has 154 valence electrons. The SMILES string of the molecule is CC(C)(C)OC(=O)N1CCCC1c1nnc2sc(SCc3ccccc3F)nn12. The van der Waals surface area contributed by atoms with Gasteiger partial charge in [-0.15, -0.1) is 15.3 Å². The van der Waals surface area contributed by atoms with Gasteiger partial charge in [-0.3, -0.25) is 4.90 Å². The van der Waals surface area contributed by atoms with Crippen molar-refractivity contribution < 1.29 is 13.9 Å². The number of hydrogen-bond donors (Lipinski definition) is 0. The van der Waals surface area contributed by atoms with Crippen molar-refractivity contribution in [1.29, 1.82) is 0 Å². The van der Waals surface area contributed by atoms with Crippen molar-refractivity contribution in [3.05, 3.63) is 41.5 Å². The second-order valence-corrected chi connectivity index (χ2v) is 10.0. The van der Waals surface area contributed by atoms with E-state index < -0.39 is 5.60 Å². The highest BCUT2D eigenvalue weighted by atomic mass is 32.2. The second kappa shape index (κ2) is 7.91. The van der Waals surface area contributed by atoms with Crippen molar-refractivity contribution in [2.75, 3.05) is 6.54 Å². The van der Waals surface area contributed by atoms with Gasteiger partial charge in [0.25, 0.3) is 0 Å². The maximum Gasteiger partial charge on any atom is 0.410 e. The quantitative estimate of drug-likeness (QED) is 0.554. The Bertz CT molecular complexity index is 1030. The summed E-state index contributed by atoms with van der Waals surface area (Å²) in [7, 11) is 0. The molecule has 0 saturated carbocycles. The Kier molecular flexibility index (Phi) is 5.48. The average Bonchev–Trinajstić information content (AvgIpc) is 3.34. The van der Waals surface area contributed by atoms with Gasteiger partial charge in [0.1, 0.15) is 11.4 Å². The number of rotatable bonds is 4. The number of carbonyl (C=O) groups excluding carboxylic acids is 1. The molecule has 29 heavy (non-hydrogen) atoms. The number of thioether (sulfide) groups is 1. The Labute approximate surface area is 176 Å². The molecule has 3 aromatic rings. The lowest BCUT2D eigenvalue weighted by Crippen LogP contribution is -2.37. The summed E-state index contributed by atoms with van der Waals surface area (Å²) in [6.07, 6.45) is 1.31. The number of fused-ring (bicyclic) bond motifs is 1. The number of carbonyl (C=O) groups is 1. The van der Waals surface area contributed by atoms with E-state index in [-0.39, 0.29) is 18.0 Å². The van der Waals surface area contributed by atoms with Gasteiger partial charge in [-0.2, -0.15) is 4.52 Å². The van der Waals surface area contributed by atoms with Crippen molar-refractivity contribution in [3.8, 4) is 0 Å². The van der Waals surface area contributed by atoms with Crippen molar-refractivity contribution in [2.45, 2.75) is 55.3 Å². The van der Waals surface area contributed by atoms with E-state index in [4.69, 9.17) is 4.74 Å². The van der Waals surface area contributed by atoms with Crippen LogP contribution in [0.3, 0.4) is 0 Å². The fourth-order valence-corrected chi connectivity index (χ4v) is 5.08. The molecule has 1 atom stereocenters. The van der Waals surface area contributed by atoms with Crippen LogP contribution in [0.25, 0.3) is 4.96 Å². The van der Waals surface area contributed by atoms with Gasteiger partial charge in [-0.25, -0.2) is 9.18 Å². The van der Waals surface area contributed by atoms with Crippen LogP contribution in [-0.4, -0.2) is 43.0 Å². The minimum Gasteiger partial charge on any atom is -0.444 e. The fraction of sp³-hybridized carbons (Fsp3) is 0.474. The first-order valence-electron chi connectivity index (χ1n) is 9.40. The molecule has 4 rings (SSSR count). The molecule has 0 radical (unpaired) electrons. The molecule has 0 spiro atoms. The summed E-state index contributed by atoms with van der Waals surface area (Å²) < 4.78 is 21.8. The Morgan fingerprint density at radius 2 is 2.14 bits per heavy atom. The normalized spacial score (nSPS) is 17.2. The molecular formula is C19H22FN5O2S2. The zero-order chi connectivity index (χ0) is 20.6. The molecule has 1 aromatic carbocycles. The Hall–Kier alpha value is -2.20. The maximum absolute atomic E-state index is 13.8. The van der Waals surface area contributed by atoms with E-state index in [0.717, 1.165) is 17.2 Å². The first-order chi connectivity index (χ1) is 13.8. The van der Waals surface area contributed by atoms with E-state index in [9.17, 15) is 9.18 Å². The van der Waals surface area contributed by atoms with Crippen LogP contribution in [0.1, 0.15) is 51.0 Å². The largest absolute Gasteiger partial charge is 0.444 e. The number of likely N-dealkylation sites (tertiary alicyclic amines) is 1. The first-order valence-corrected chi connectivity index (χ1v) is 11.2. The third kappa shape index (κ3) is 4.37. The molecule has 1 unspecified atom stereocenters. The molecule has 0 aliphatic carbocycles.